The Labute approximate surface area is 166 Å². The number of carbonyl (C=O) groups is 2. The second-order valence-corrected chi connectivity index (χ2v) is 6.22. The summed E-state index contributed by atoms with van der Waals surface area (Å²) in [5, 5.41) is 15.3. The number of nitrogens with zero attached hydrogens (tertiary/aromatic N) is 1. The number of fused-ring (bicyclic) bond motifs is 1. The van der Waals surface area contributed by atoms with Crippen molar-refractivity contribution in [2.45, 2.75) is 13.0 Å². The molecule has 148 valence electrons. The zero-order chi connectivity index (χ0) is 20.8. The van der Waals surface area contributed by atoms with Gasteiger partial charge in [-0.1, -0.05) is 30.3 Å². The summed E-state index contributed by atoms with van der Waals surface area (Å²) < 4.78 is 10.3. The highest BCUT2D eigenvalue weighted by Gasteiger charge is 2.18. The number of rotatable bonds is 7. The van der Waals surface area contributed by atoms with Crippen molar-refractivity contribution in [3.63, 3.8) is 0 Å². The van der Waals surface area contributed by atoms with E-state index in [-0.39, 0.29) is 11.4 Å². The van der Waals surface area contributed by atoms with Crippen molar-refractivity contribution >= 4 is 34.0 Å². The minimum absolute atomic E-state index is 0.0843. The standard InChI is InChI=1S/C21H18N2O6/c1-14(21(25)22-17-7-6-15-4-2-3-5-16(15)12-17)29-20(24)13-28-19-10-8-18(9-11-19)23(26)27/h2-12,14H,13H2,1H3,(H,22,25)/t14-/m0/s1. The van der Waals surface area contributed by atoms with Crippen molar-refractivity contribution in [1.29, 1.82) is 0 Å². The number of nitrogens with one attached hydrogen (secondary N) is 1. The number of esters is 1. The molecule has 8 heteroatoms. The number of hydrogen-bond donors (Lipinski definition) is 1. The Morgan fingerprint density at radius 1 is 1.03 bits per heavy atom. The van der Waals surface area contributed by atoms with E-state index in [0.717, 1.165) is 10.8 Å². The maximum absolute atomic E-state index is 12.3. The number of amides is 1. The van der Waals surface area contributed by atoms with Crippen LogP contribution in [0.3, 0.4) is 0 Å². The van der Waals surface area contributed by atoms with Crippen molar-refractivity contribution in [2.75, 3.05) is 11.9 Å². The molecule has 1 atom stereocenters. The van der Waals surface area contributed by atoms with E-state index in [1.54, 1.807) is 6.07 Å². The molecule has 3 rings (SSSR count). The molecule has 0 heterocycles. The third-order valence-electron chi connectivity index (χ3n) is 4.10. The highest BCUT2D eigenvalue weighted by Crippen LogP contribution is 2.19. The summed E-state index contributed by atoms with van der Waals surface area (Å²) in [7, 11) is 0. The highest BCUT2D eigenvalue weighted by atomic mass is 16.6. The number of non-ortho nitro benzene ring substituents is 1. The molecule has 0 saturated carbocycles. The molecule has 0 aliphatic heterocycles. The third kappa shape index (κ3) is 5.29. The lowest BCUT2D eigenvalue weighted by Gasteiger charge is -2.14. The molecule has 0 radical (unpaired) electrons. The smallest absolute Gasteiger partial charge is 0.344 e. The number of carbonyl (C=O) groups excluding carboxylic acids is 2. The number of ether oxygens (including phenoxy) is 2. The molecule has 0 aromatic heterocycles. The predicted octanol–water partition coefficient (Wildman–Crippen LogP) is 3.70. The van der Waals surface area contributed by atoms with Crippen LogP contribution in [0.4, 0.5) is 11.4 Å². The molecule has 0 spiro atoms. The first-order valence-electron chi connectivity index (χ1n) is 8.79. The topological polar surface area (TPSA) is 108 Å². The van der Waals surface area contributed by atoms with E-state index in [1.807, 2.05) is 36.4 Å². The maximum atomic E-state index is 12.3. The quantitative estimate of drug-likeness (QED) is 0.372. The van der Waals surface area contributed by atoms with Gasteiger partial charge in [0.1, 0.15) is 5.75 Å². The van der Waals surface area contributed by atoms with Crippen LogP contribution in [0.5, 0.6) is 5.75 Å². The van der Waals surface area contributed by atoms with E-state index >= 15 is 0 Å². The van der Waals surface area contributed by atoms with Crippen LogP contribution in [0.25, 0.3) is 10.8 Å². The van der Waals surface area contributed by atoms with Crippen molar-refractivity contribution in [2.24, 2.45) is 0 Å². The molecule has 1 N–H and O–H groups in total. The monoisotopic (exact) mass is 394 g/mol. The van der Waals surface area contributed by atoms with Gasteiger partial charge in [0.25, 0.3) is 11.6 Å². The lowest BCUT2D eigenvalue weighted by Crippen LogP contribution is -2.31. The summed E-state index contributed by atoms with van der Waals surface area (Å²) in [5.41, 5.74) is 0.512. The first-order valence-corrected chi connectivity index (χ1v) is 8.79. The van der Waals surface area contributed by atoms with E-state index in [1.165, 1.54) is 31.2 Å². The Kier molecular flexibility index (Phi) is 6.03. The molecule has 8 nitrogen and oxygen atoms in total. The largest absolute Gasteiger partial charge is 0.482 e. The van der Waals surface area contributed by atoms with Crippen LogP contribution in [0.1, 0.15) is 6.92 Å². The number of hydrogen-bond acceptors (Lipinski definition) is 6. The van der Waals surface area contributed by atoms with Gasteiger partial charge in [0.2, 0.25) is 0 Å². The molecule has 1 amide bonds. The molecule has 0 saturated heterocycles. The van der Waals surface area contributed by atoms with Gasteiger partial charge in [-0.2, -0.15) is 0 Å². The lowest BCUT2D eigenvalue weighted by molar-refractivity contribution is -0.384. The van der Waals surface area contributed by atoms with Gasteiger partial charge in [0.15, 0.2) is 12.7 Å². The minimum Gasteiger partial charge on any atom is -0.482 e. The van der Waals surface area contributed by atoms with Crippen LogP contribution in [0, 0.1) is 10.1 Å². The fraction of sp³-hybridized carbons (Fsp3) is 0.143. The van der Waals surface area contributed by atoms with E-state index in [4.69, 9.17) is 9.47 Å². The van der Waals surface area contributed by atoms with Gasteiger partial charge in [-0.05, 0) is 42.0 Å². The number of nitro groups is 1. The zero-order valence-corrected chi connectivity index (χ0v) is 15.5. The van der Waals surface area contributed by atoms with Gasteiger partial charge >= 0.3 is 5.97 Å². The van der Waals surface area contributed by atoms with Gasteiger partial charge in [-0.25, -0.2) is 4.79 Å². The van der Waals surface area contributed by atoms with Crippen LogP contribution in [-0.4, -0.2) is 29.5 Å². The van der Waals surface area contributed by atoms with Crippen LogP contribution >= 0.6 is 0 Å². The summed E-state index contributed by atoms with van der Waals surface area (Å²) >= 11 is 0. The van der Waals surface area contributed by atoms with Gasteiger partial charge in [0, 0.05) is 17.8 Å². The molecule has 0 aliphatic carbocycles. The van der Waals surface area contributed by atoms with Gasteiger partial charge in [-0.3, -0.25) is 14.9 Å². The van der Waals surface area contributed by atoms with Crippen LogP contribution in [-0.2, 0) is 14.3 Å². The molecule has 0 aliphatic rings. The third-order valence-corrected chi connectivity index (χ3v) is 4.10. The van der Waals surface area contributed by atoms with E-state index in [0.29, 0.717) is 5.69 Å². The highest BCUT2D eigenvalue weighted by molar-refractivity contribution is 5.97. The van der Waals surface area contributed by atoms with Crippen LogP contribution in [0.15, 0.2) is 66.7 Å². The summed E-state index contributed by atoms with van der Waals surface area (Å²) in [6.45, 7) is 1.03. The predicted molar refractivity (Wildman–Crippen MR) is 107 cm³/mol. The Balaban J connectivity index is 1.50. The zero-order valence-electron chi connectivity index (χ0n) is 15.5. The molecular formula is C21H18N2O6. The van der Waals surface area contributed by atoms with Crippen LogP contribution < -0.4 is 10.1 Å². The van der Waals surface area contributed by atoms with E-state index < -0.39 is 29.5 Å². The van der Waals surface area contributed by atoms with Crippen LogP contribution in [0.2, 0.25) is 0 Å². The summed E-state index contributed by atoms with van der Waals surface area (Å²) in [4.78, 5) is 34.2. The normalized spacial score (nSPS) is 11.5. The van der Waals surface area contributed by atoms with Crippen molar-refractivity contribution in [1.82, 2.24) is 0 Å². The first-order chi connectivity index (χ1) is 13.9. The Morgan fingerprint density at radius 3 is 2.41 bits per heavy atom. The average Bonchev–Trinajstić information content (AvgIpc) is 2.72. The molecule has 0 unspecified atom stereocenters. The fourth-order valence-corrected chi connectivity index (χ4v) is 2.60. The Hall–Kier alpha value is -3.94. The summed E-state index contributed by atoms with van der Waals surface area (Å²) in [5.74, 6) is -0.922. The number of benzene rings is 3. The maximum Gasteiger partial charge on any atom is 0.344 e. The fourth-order valence-electron chi connectivity index (χ4n) is 2.60. The molecule has 0 fully saturated rings. The minimum atomic E-state index is -1.02. The molecular weight excluding hydrogens is 376 g/mol. The van der Waals surface area contributed by atoms with Gasteiger partial charge < -0.3 is 14.8 Å². The first kappa shape index (κ1) is 19.8. The second-order valence-electron chi connectivity index (χ2n) is 6.22. The van der Waals surface area contributed by atoms with Crippen molar-refractivity contribution in [3.05, 3.63) is 76.8 Å². The number of anilines is 1. The molecule has 3 aromatic rings. The molecule has 3 aromatic carbocycles. The van der Waals surface area contributed by atoms with E-state index in [9.17, 15) is 19.7 Å². The van der Waals surface area contributed by atoms with Crippen molar-refractivity contribution in [3.8, 4) is 5.75 Å². The van der Waals surface area contributed by atoms with E-state index in [2.05, 4.69) is 5.32 Å². The Bertz CT molecular complexity index is 1050. The summed E-state index contributed by atoms with van der Waals surface area (Å²) in [6, 6.07) is 18.5. The molecule has 0 bridgehead atoms. The Morgan fingerprint density at radius 2 is 1.72 bits per heavy atom. The number of nitro benzene ring substituents is 1. The van der Waals surface area contributed by atoms with Gasteiger partial charge in [-0.15, -0.1) is 0 Å². The second kappa shape index (κ2) is 8.83. The van der Waals surface area contributed by atoms with Gasteiger partial charge in [0.05, 0.1) is 4.92 Å². The SMILES string of the molecule is C[C@H](OC(=O)COc1ccc([N+](=O)[O-])cc1)C(=O)Nc1ccc2ccccc2c1. The summed E-state index contributed by atoms with van der Waals surface area (Å²) in [6.07, 6.45) is -1.02. The average molecular weight is 394 g/mol. The molecule has 29 heavy (non-hydrogen) atoms. The lowest BCUT2D eigenvalue weighted by atomic mass is 10.1. The van der Waals surface area contributed by atoms with Crippen molar-refractivity contribution < 1.29 is 24.0 Å².